The lowest BCUT2D eigenvalue weighted by atomic mass is 10.1. The molecule has 1 fully saturated rings. The van der Waals surface area contributed by atoms with Crippen LogP contribution in [-0.4, -0.2) is 39.8 Å². The van der Waals surface area contributed by atoms with E-state index in [9.17, 15) is 24.0 Å². The molecule has 2 aromatic carbocycles. The van der Waals surface area contributed by atoms with Crippen molar-refractivity contribution in [1.82, 2.24) is 0 Å². The monoisotopic (exact) mass is 440 g/mol. The smallest absolute Gasteiger partial charge is 0.303 e. The summed E-state index contributed by atoms with van der Waals surface area (Å²) in [5, 5.41) is 10.7. The van der Waals surface area contributed by atoms with Gasteiger partial charge in [-0.25, -0.2) is 4.90 Å². The lowest BCUT2D eigenvalue weighted by Crippen LogP contribution is -2.31. The molecule has 0 radical (unpaired) electrons. The summed E-state index contributed by atoms with van der Waals surface area (Å²) in [5.41, 5.74) is 1.45. The normalized spacial score (nSPS) is 15.8. The Kier molecular flexibility index (Phi) is 6.86. The summed E-state index contributed by atoms with van der Waals surface area (Å²) in [6.07, 6.45) is -0.301. The second-order valence-corrected chi connectivity index (χ2v) is 8.22. The summed E-state index contributed by atoms with van der Waals surface area (Å²) < 4.78 is 0. The number of nitrogens with one attached hydrogen (secondary N) is 1. The number of anilines is 2. The summed E-state index contributed by atoms with van der Waals surface area (Å²) in [6.45, 7) is 1.45. The first-order valence-electron chi connectivity index (χ1n) is 9.51. The molecule has 3 rings (SSSR count). The van der Waals surface area contributed by atoms with E-state index >= 15 is 0 Å². The molecule has 1 saturated heterocycles. The van der Waals surface area contributed by atoms with E-state index in [0.29, 0.717) is 16.9 Å². The number of hydrogen-bond donors (Lipinski definition) is 2. The molecule has 1 aliphatic heterocycles. The third kappa shape index (κ3) is 5.58. The predicted molar refractivity (Wildman–Crippen MR) is 115 cm³/mol. The van der Waals surface area contributed by atoms with E-state index in [0.717, 1.165) is 9.80 Å². The third-order valence-corrected chi connectivity index (χ3v) is 5.82. The zero-order valence-electron chi connectivity index (χ0n) is 16.7. The Hall–Kier alpha value is -3.46. The molecule has 2 aromatic rings. The van der Waals surface area contributed by atoms with E-state index in [1.54, 1.807) is 48.5 Å². The molecule has 0 aromatic heterocycles. The number of rotatable bonds is 8. The minimum Gasteiger partial charge on any atom is -0.481 e. The van der Waals surface area contributed by atoms with Gasteiger partial charge in [0.2, 0.25) is 17.7 Å². The number of carbonyl (C=O) groups is 5. The number of aliphatic carboxylic acids is 1. The van der Waals surface area contributed by atoms with Crippen molar-refractivity contribution in [2.45, 2.75) is 36.3 Å². The van der Waals surface area contributed by atoms with Crippen LogP contribution in [0.15, 0.2) is 53.4 Å². The molecule has 0 saturated carbocycles. The molecule has 9 heteroatoms. The van der Waals surface area contributed by atoms with Gasteiger partial charge in [0.15, 0.2) is 5.78 Å². The van der Waals surface area contributed by atoms with Crippen LogP contribution in [0.1, 0.15) is 36.5 Å². The number of thioether (sulfide) groups is 1. The first-order valence-corrected chi connectivity index (χ1v) is 10.4. The van der Waals surface area contributed by atoms with Crippen LogP contribution in [-0.2, 0) is 19.2 Å². The lowest BCUT2D eigenvalue weighted by Gasteiger charge is -2.15. The maximum atomic E-state index is 12.8. The molecule has 31 heavy (non-hydrogen) atoms. The zero-order chi connectivity index (χ0) is 22.5. The second-order valence-electron chi connectivity index (χ2n) is 6.95. The Balaban J connectivity index is 1.62. The van der Waals surface area contributed by atoms with E-state index in [4.69, 9.17) is 5.11 Å². The van der Waals surface area contributed by atoms with Crippen molar-refractivity contribution >= 4 is 52.6 Å². The van der Waals surface area contributed by atoms with Crippen LogP contribution in [0.25, 0.3) is 0 Å². The van der Waals surface area contributed by atoms with Crippen molar-refractivity contribution in [2.24, 2.45) is 0 Å². The van der Waals surface area contributed by atoms with Crippen LogP contribution < -0.4 is 10.2 Å². The summed E-state index contributed by atoms with van der Waals surface area (Å²) >= 11 is 1.25. The first-order chi connectivity index (χ1) is 14.7. The van der Waals surface area contributed by atoms with Gasteiger partial charge in [-0.05, 0) is 55.5 Å². The molecule has 0 bridgehead atoms. The molecule has 1 aliphatic rings. The molecule has 0 spiro atoms. The Morgan fingerprint density at radius 1 is 1.03 bits per heavy atom. The molecule has 0 aliphatic carbocycles. The number of ketones is 1. The number of imide groups is 1. The average molecular weight is 440 g/mol. The number of hydrogen-bond acceptors (Lipinski definition) is 6. The zero-order valence-corrected chi connectivity index (χ0v) is 17.5. The van der Waals surface area contributed by atoms with Gasteiger partial charge >= 0.3 is 5.97 Å². The standard InChI is InChI=1S/C22H20N2O6S/c1-13(25)14-2-6-16(7-3-14)24-20(27)12-18(22(24)30)31-17-8-4-15(5-9-17)23-19(26)10-11-21(28)29/h2-9,18H,10-12H2,1H3,(H,23,26)(H,28,29). The number of amides is 3. The fraction of sp³-hybridized carbons (Fsp3) is 0.227. The lowest BCUT2D eigenvalue weighted by molar-refractivity contribution is -0.138. The Morgan fingerprint density at radius 2 is 1.68 bits per heavy atom. The highest BCUT2D eigenvalue weighted by atomic mass is 32.2. The van der Waals surface area contributed by atoms with E-state index in [2.05, 4.69) is 5.32 Å². The molecule has 2 N–H and O–H groups in total. The van der Waals surface area contributed by atoms with Crippen LogP contribution in [0.3, 0.4) is 0 Å². The molecular weight excluding hydrogens is 420 g/mol. The minimum absolute atomic E-state index is 0.0611. The van der Waals surface area contributed by atoms with Gasteiger partial charge in [0, 0.05) is 29.0 Å². The highest BCUT2D eigenvalue weighted by Gasteiger charge is 2.40. The second kappa shape index (κ2) is 9.57. The minimum atomic E-state index is -1.04. The van der Waals surface area contributed by atoms with Crippen molar-refractivity contribution < 1.29 is 29.1 Å². The highest BCUT2D eigenvalue weighted by Crippen LogP contribution is 2.34. The summed E-state index contributed by atoms with van der Waals surface area (Å²) in [7, 11) is 0. The van der Waals surface area contributed by atoms with Gasteiger partial charge in [0.25, 0.3) is 0 Å². The molecule has 3 amide bonds. The average Bonchev–Trinajstić information content (AvgIpc) is 3.01. The van der Waals surface area contributed by atoms with Gasteiger partial charge in [-0.3, -0.25) is 24.0 Å². The maximum Gasteiger partial charge on any atom is 0.303 e. The number of benzene rings is 2. The van der Waals surface area contributed by atoms with Crippen LogP contribution in [0, 0.1) is 0 Å². The maximum absolute atomic E-state index is 12.8. The van der Waals surface area contributed by atoms with Crippen LogP contribution in [0.4, 0.5) is 11.4 Å². The molecule has 1 heterocycles. The number of nitrogens with zero attached hydrogens (tertiary/aromatic N) is 1. The Morgan fingerprint density at radius 3 is 2.26 bits per heavy atom. The summed E-state index contributed by atoms with van der Waals surface area (Å²) in [4.78, 5) is 60.7. The molecule has 8 nitrogen and oxygen atoms in total. The van der Waals surface area contributed by atoms with Crippen molar-refractivity contribution in [3.8, 4) is 0 Å². The first kappa shape index (κ1) is 22.2. The van der Waals surface area contributed by atoms with Gasteiger partial charge in [-0.1, -0.05) is 0 Å². The van der Waals surface area contributed by atoms with Crippen molar-refractivity contribution in [3.05, 3.63) is 54.1 Å². The van der Waals surface area contributed by atoms with E-state index in [1.165, 1.54) is 18.7 Å². The SMILES string of the molecule is CC(=O)c1ccc(N2C(=O)CC(Sc3ccc(NC(=O)CCC(=O)O)cc3)C2=O)cc1. The summed E-state index contributed by atoms with van der Waals surface area (Å²) in [6, 6.07) is 13.1. The van der Waals surface area contributed by atoms with Crippen molar-refractivity contribution in [2.75, 3.05) is 10.2 Å². The van der Waals surface area contributed by atoms with Crippen LogP contribution in [0.2, 0.25) is 0 Å². The Bertz CT molecular complexity index is 1030. The van der Waals surface area contributed by atoms with Gasteiger partial charge in [-0.15, -0.1) is 11.8 Å². The van der Waals surface area contributed by atoms with Gasteiger partial charge in [-0.2, -0.15) is 0 Å². The van der Waals surface area contributed by atoms with Crippen molar-refractivity contribution in [3.63, 3.8) is 0 Å². The van der Waals surface area contributed by atoms with E-state index < -0.39 is 17.1 Å². The molecule has 160 valence electrons. The third-order valence-electron chi connectivity index (χ3n) is 4.62. The Labute approximate surface area is 182 Å². The number of carboxylic acids is 1. The molecular formula is C22H20N2O6S. The van der Waals surface area contributed by atoms with Crippen LogP contribution in [0.5, 0.6) is 0 Å². The number of Topliss-reactive ketones (excluding diaryl/α,β-unsaturated/α-hetero) is 1. The van der Waals surface area contributed by atoms with Crippen LogP contribution >= 0.6 is 11.8 Å². The number of carbonyl (C=O) groups excluding carboxylic acids is 4. The molecule has 1 unspecified atom stereocenters. The fourth-order valence-electron chi connectivity index (χ4n) is 3.04. The topological polar surface area (TPSA) is 121 Å². The molecule has 1 atom stereocenters. The van der Waals surface area contributed by atoms with Gasteiger partial charge < -0.3 is 10.4 Å². The van der Waals surface area contributed by atoms with E-state index in [1.807, 2.05) is 0 Å². The van der Waals surface area contributed by atoms with Crippen molar-refractivity contribution in [1.29, 1.82) is 0 Å². The fourth-order valence-corrected chi connectivity index (χ4v) is 4.09. The largest absolute Gasteiger partial charge is 0.481 e. The number of carboxylic acid groups (broad SMARTS) is 1. The van der Waals surface area contributed by atoms with E-state index in [-0.39, 0.29) is 36.9 Å². The van der Waals surface area contributed by atoms with Gasteiger partial charge in [0.05, 0.1) is 17.4 Å². The highest BCUT2D eigenvalue weighted by molar-refractivity contribution is 8.00. The van der Waals surface area contributed by atoms with Gasteiger partial charge in [0.1, 0.15) is 0 Å². The summed E-state index contributed by atoms with van der Waals surface area (Å²) in [5.74, 6) is -2.16. The quantitative estimate of drug-likeness (QED) is 0.478. The predicted octanol–water partition coefficient (Wildman–Crippen LogP) is 3.12.